The Kier molecular flexibility index (Phi) is 9.42. The van der Waals surface area contributed by atoms with E-state index in [2.05, 4.69) is 21.2 Å². The lowest BCUT2D eigenvalue weighted by Crippen LogP contribution is -2.42. The van der Waals surface area contributed by atoms with Crippen LogP contribution in [0.25, 0.3) is 16.6 Å². The average molecular weight is 649 g/mol. The molecule has 0 aliphatic carbocycles. The van der Waals surface area contributed by atoms with Crippen molar-refractivity contribution in [3.8, 4) is 17.2 Å². The molecule has 0 saturated heterocycles. The van der Waals surface area contributed by atoms with Crippen LogP contribution in [0, 0.1) is 0 Å². The number of hydrogen-bond donors (Lipinski definition) is 1. The van der Waals surface area contributed by atoms with Crippen LogP contribution >= 0.6 is 15.9 Å². The number of fused-ring (bicyclic) bond motifs is 1. The van der Waals surface area contributed by atoms with E-state index in [1.807, 2.05) is 0 Å². The Morgan fingerprint density at radius 2 is 1.76 bits per heavy atom. The highest BCUT2D eigenvalue weighted by molar-refractivity contribution is 9.10. The molecule has 222 valence electrons. The number of para-hydroxylation sites is 2. The fraction of sp³-hybridized carbons (Fsp3) is 0.276. The van der Waals surface area contributed by atoms with Gasteiger partial charge in [-0.3, -0.25) is 9.36 Å². The van der Waals surface area contributed by atoms with Gasteiger partial charge in [-0.25, -0.2) is 9.78 Å². The summed E-state index contributed by atoms with van der Waals surface area (Å²) in [6.07, 6.45) is -4.69. The lowest BCUT2D eigenvalue weighted by molar-refractivity contribution is -0.136. The van der Waals surface area contributed by atoms with Crippen molar-refractivity contribution in [1.29, 1.82) is 0 Å². The number of nitrogens with one attached hydrogen (secondary N) is 1. The molecule has 0 aliphatic heterocycles. The number of ether oxygens (including phenoxy) is 3. The molecule has 13 heteroatoms. The van der Waals surface area contributed by atoms with Crippen LogP contribution in [0.3, 0.4) is 0 Å². The number of aromatic nitrogens is 2. The minimum atomic E-state index is -4.69. The fourth-order valence-electron chi connectivity index (χ4n) is 4.48. The minimum absolute atomic E-state index is 0.0248. The van der Waals surface area contributed by atoms with Gasteiger partial charge in [0.05, 0.1) is 59.2 Å². The van der Waals surface area contributed by atoms with Gasteiger partial charge in [0.15, 0.2) is 0 Å². The van der Waals surface area contributed by atoms with Crippen molar-refractivity contribution in [3.63, 3.8) is 0 Å². The fourth-order valence-corrected chi connectivity index (χ4v) is 5.05. The van der Waals surface area contributed by atoms with Crippen molar-refractivity contribution < 1.29 is 32.2 Å². The second-order valence-electron chi connectivity index (χ2n) is 9.13. The van der Waals surface area contributed by atoms with Crippen molar-refractivity contribution in [2.24, 2.45) is 0 Å². The molecule has 0 radical (unpaired) electrons. The molecule has 9 nitrogen and oxygen atoms in total. The normalized spacial score (nSPS) is 12.2. The second kappa shape index (κ2) is 12.8. The third-order valence-corrected chi connectivity index (χ3v) is 7.40. The summed E-state index contributed by atoms with van der Waals surface area (Å²) in [5, 5.41) is 2.70. The van der Waals surface area contributed by atoms with E-state index in [-0.39, 0.29) is 19.0 Å². The van der Waals surface area contributed by atoms with E-state index in [0.717, 1.165) is 6.07 Å². The summed E-state index contributed by atoms with van der Waals surface area (Å²) in [5.41, 5.74) is -1.14. The molecule has 0 aliphatic rings. The van der Waals surface area contributed by atoms with Gasteiger partial charge >= 0.3 is 12.2 Å². The zero-order valence-corrected chi connectivity index (χ0v) is 24.7. The zero-order chi connectivity index (χ0) is 30.6. The van der Waals surface area contributed by atoms with Crippen LogP contribution in [0.1, 0.15) is 24.4 Å². The van der Waals surface area contributed by atoms with Gasteiger partial charge < -0.3 is 24.4 Å². The zero-order valence-electron chi connectivity index (χ0n) is 23.2. The van der Waals surface area contributed by atoms with Crippen LogP contribution in [0.2, 0.25) is 0 Å². The number of hydrogen-bond acceptors (Lipinski definition) is 6. The number of nitrogens with zero attached hydrogens (tertiary/aromatic N) is 3. The van der Waals surface area contributed by atoms with Gasteiger partial charge in [0.2, 0.25) is 0 Å². The van der Waals surface area contributed by atoms with Gasteiger partial charge in [-0.1, -0.05) is 24.3 Å². The van der Waals surface area contributed by atoms with E-state index in [1.165, 1.54) is 49.0 Å². The Balaban J connectivity index is 1.91. The Morgan fingerprint density at radius 3 is 2.43 bits per heavy atom. The smallest absolute Gasteiger partial charge is 0.418 e. The Morgan fingerprint density at radius 1 is 1.07 bits per heavy atom. The van der Waals surface area contributed by atoms with Crippen molar-refractivity contribution in [3.05, 3.63) is 86.9 Å². The second-order valence-corrected chi connectivity index (χ2v) is 9.92. The molecular formula is C29H28BrF3N4O5. The van der Waals surface area contributed by atoms with Gasteiger partial charge in [-0.2, -0.15) is 13.2 Å². The predicted molar refractivity (Wildman–Crippen MR) is 156 cm³/mol. The lowest BCUT2D eigenvalue weighted by Gasteiger charge is -2.31. The number of carbonyl (C=O) groups is 1. The lowest BCUT2D eigenvalue weighted by atomic mass is 10.1. The number of carbonyl (C=O) groups excluding carboxylic acids is 1. The van der Waals surface area contributed by atoms with Gasteiger partial charge in [0, 0.05) is 25.8 Å². The summed E-state index contributed by atoms with van der Waals surface area (Å²) < 4.78 is 58.8. The van der Waals surface area contributed by atoms with Gasteiger partial charge in [0.1, 0.15) is 17.3 Å². The molecule has 4 aromatic rings. The van der Waals surface area contributed by atoms with Gasteiger partial charge in [-0.05, 0) is 47.1 Å². The average Bonchev–Trinajstić information content (AvgIpc) is 2.97. The molecule has 42 heavy (non-hydrogen) atoms. The number of benzene rings is 3. The maximum absolute atomic E-state index is 14.0. The number of rotatable bonds is 9. The molecule has 1 heterocycles. The van der Waals surface area contributed by atoms with Crippen LogP contribution in [-0.2, 0) is 10.9 Å². The SMILES string of the molecule is COCCN(C(=O)Nc1ccccc1C(F)(F)F)C(C)c1nc2ccccc2c(=O)n1-c1cc(OC)cc(OC)c1Br. The summed E-state index contributed by atoms with van der Waals surface area (Å²) in [6, 6.07) is 12.9. The maximum Gasteiger partial charge on any atom is 0.418 e. The van der Waals surface area contributed by atoms with E-state index in [9.17, 15) is 22.8 Å². The topological polar surface area (TPSA) is 94.9 Å². The first-order valence-corrected chi connectivity index (χ1v) is 13.5. The summed E-state index contributed by atoms with van der Waals surface area (Å²) in [6.45, 7) is 1.67. The van der Waals surface area contributed by atoms with E-state index < -0.39 is 35.1 Å². The molecule has 0 spiro atoms. The van der Waals surface area contributed by atoms with Gasteiger partial charge in [0.25, 0.3) is 5.56 Å². The first-order valence-electron chi connectivity index (χ1n) is 12.7. The molecule has 0 saturated carbocycles. The van der Waals surface area contributed by atoms with E-state index in [0.29, 0.717) is 32.6 Å². The molecule has 1 aromatic heterocycles. The summed E-state index contributed by atoms with van der Waals surface area (Å²) in [5.74, 6) is 0.910. The Labute approximate surface area is 247 Å². The molecule has 4 rings (SSSR count). The van der Waals surface area contributed by atoms with Crippen LogP contribution < -0.4 is 20.3 Å². The first-order chi connectivity index (χ1) is 20.0. The quantitative estimate of drug-likeness (QED) is 0.225. The van der Waals surface area contributed by atoms with Crippen molar-refractivity contribution in [2.75, 3.05) is 39.8 Å². The number of anilines is 1. The highest BCUT2D eigenvalue weighted by atomic mass is 79.9. The van der Waals surface area contributed by atoms with Crippen molar-refractivity contribution in [2.45, 2.75) is 19.1 Å². The van der Waals surface area contributed by atoms with Crippen LogP contribution in [0.5, 0.6) is 11.5 Å². The molecule has 0 fully saturated rings. The number of alkyl halides is 3. The number of amides is 2. The minimum Gasteiger partial charge on any atom is -0.497 e. The third-order valence-electron chi connectivity index (χ3n) is 6.60. The van der Waals surface area contributed by atoms with Crippen molar-refractivity contribution in [1.82, 2.24) is 14.5 Å². The van der Waals surface area contributed by atoms with Crippen LogP contribution in [-0.4, -0.2) is 55.0 Å². The summed E-state index contributed by atoms with van der Waals surface area (Å²) >= 11 is 3.51. The van der Waals surface area contributed by atoms with Crippen molar-refractivity contribution >= 4 is 38.6 Å². The van der Waals surface area contributed by atoms with E-state index in [1.54, 1.807) is 43.3 Å². The first kappa shape index (κ1) is 30.8. The van der Waals surface area contributed by atoms with Crippen LogP contribution in [0.4, 0.5) is 23.7 Å². The van der Waals surface area contributed by atoms with E-state index >= 15 is 0 Å². The summed E-state index contributed by atoms with van der Waals surface area (Å²) in [7, 11) is 4.36. The summed E-state index contributed by atoms with van der Waals surface area (Å²) in [4.78, 5) is 33.6. The Bertz CT molecular complexity index is 1660. The highest BCUT2D eigenvalue weighted by Crippen LogP contribution is 2.38. The predicted octanol–water partition coefficient (Wildman–Crippen LogP) is 6.43. The molecule has 2 amide bonds. The highest BCUT2D eigenvalue weighted by Gasteiger charge is 2.35. The molecule has 3 aromatic carbocycles. The Hall–Kier alpha value is -4.10. The molecule has 1 unspecified atom stereocenters. The largest absolute Gasteiger partial charge is 0.497 e. The molecule has 1 atom stereocenters. The third kappa shape index (κ3) is 6.21. The standard InChI is InChI=1S/C29H28BrF3N4O5/c1-17(36(13-14-40-2)28(39)35-22-12-8-6-10-20(22)29(31,32)33)26-34-21-11-7-5-9-19(21)27(38)37(26)23-15-18(41-3)16-24(42-4)25(23)30/h5-12,15-17H,13-14H2,1-4H3,(H,35,39). The van der Waals surface area contributed by atoms with Crippen LogP contribution in [0.15, 0.2) is 69.9 Å². The molecule has 0 bridgehead atoms. The molecular weight excluding hydrogens is 621 g/mol. The molecule has 1 N–H and O–H groups in total. The maximum atomic E-state index is 14.0. The van der Waals surface area contributed by atoms with Gasteiger partial charge in [-0.15, -0.1) is 0 Å². The number of urea groups is 1. The monoisotopic (exact) mass is 648 g/mol. The van der Waals surface area contributed by atoms with E-state index in [4.69, 9.17) is 19.2 Å². The number of halogens is 4. The number of methoxy groups -OCH3 is 3.